The second-order valence-electron chi connectivity index (χ2n) is 8.59. The van der Waals surface area contributed by atoms with Gasteiger partial charge in [-0.05, 0) is 73.8 Å². The van der Waals surface area contributed by atoms with Crippen LogP contribution in [0.4, 0.5) is 0 Å². The van der Waals surface area contributed by atoms with Crippen molar-refractivity contribution in [3.63, 3.8) is 0 Å². The van der Waals surface area contributed by atoms with Crippen molar-refractivity contribution in [1.82, 2.24) is 4.98 Å². The fraction of sp³-hybridized carbons (Fsp3) is 0.500. The summed E-state index contributed by atoms with van der Waals surface area (Å²) < 4.78 is 14.1. The molecule has 0 spiro atoms. The first-order chi connectivity index (χ1) is 12.6. The van der Waals surface area contributed by atoms with E-state index in [4.69, 9.17) is 9.16 Å². The Bertz CT molecular complexity index is 699. The third-order valence-electron chi connectivity index (χ3n) is 5.35. The summed E-state index contributed by atoms with van der Waals surface area (Å²) in [5.41, 5.74) is 1.23. The maximum absolute atomic E-state index is 6.77. The minimum Gasteiger partial charge on any atom is -0.488 e. The van der Waals surface area contributed by atoms with Gasteiger partial charge in [0.25, 0.3) is 0 Å². The van der Waals surface area contributed by atoms with Gasteiger partial charge in [0.1, 0.15) is 11.9 Å². The molecule has 0 saturated heterocycles. The van der Waals surface area contributed by atoms with Crippen molar-refractivity contribution in [1.29, 1.82) is 0 Å². The molecule has 0 N–H and O–H groups in total. The van der Waals surface area contributed by atoms with Gasteiger partial charge in [0.05, 0.1) is 6.10 Å². The molecular weight excluding hydrogens is 418 g/mol. The third kappa shape index (κ3) is 6.73. The Morgan fingerprint density at radius 3 is 2.33 bits per heavy atom. The third-order valence-corrected chi connectivity index (χ3v) is 10.4. The van der Waals surface area contributed by atoms with E-state index in [0.29, 0.717) is 0 Å². The zero-order valence-electron chi connectivity index (χ0n) is 17.3. The fourth-order valence-corrected chi connectivity index (χ4v) is 4.29. The number of hydrogen-bond acceptors (Lipinski definition) is 3. The van der Waals surface area contributed by atoms with E-state index in [-0.39, 0.29) is 17.2 Å². The van der Waals surface area contributed by atoms with Crippen molar-refractivity contribution in [2.75, 3.05) is 0 Å². The Balaban J connectivity index is 2.12. The Morgan fingerprint density at radius 2 is 1.78 bits per heavy atom. The molecule has 0 aliphatic carbocycles. The van der Waals surface area contributed by atoms with E-state index in [1.807, 2.05) is 42.7 Å². The molecule has 0 amide bonds. The van der Waals surface area contributed by atoms with Crippen LogP contribution in [0.15, 0.2) is 53.3 Å². The lowest BCUT2D eigenvalue weighted by atomic mass is 10.1. The summed E-state index contributed by atoms with van der Waals surface area (Å²) in [5, 5.41) is 0.164. The summed E-state index contributed by atoms with van der Waals surface area (Å²) in [6, 6.07) is 12.1. The number of halogens is 1. The molecule has 1 aromatic carbocycles. The van der Waals surface area contributed by atoms with Gasteiger partial charge in [-0.1, -0.05) is 42.8 Å². The van der Waals surface area contributed by atoms with Crippen LogP contribution in [-0.2, 0) is 10.8 Å². The molecule has 2 rings (SSSR count). The van der Waals surface area contributed by atoms with Crippen molar-refractivity contribution in [3.8, 4) is 5.75 Å². The van der Waals surface area contributed by atoms with E-state index >= 15 is 0 Å². The summed E-state index contributed by atoms with van der Waals surface area (Å²) in [6.45, 7) is 13.5. The SMILES string of the molecule is CC(Oc1ccc(Br)cc1)C(CCc1cccnc1)O[Si](C)(C)C(C)(C)C. The van der Waals surface area contributed by atoms with Gasteiger partial charge in [0.2, 0.25) is 0 Å². The van der Waals surface area contributed by atoms with Gasteiger partial charge in [-0.15, -0.1) is 0 Å². The number of benzene rings is 1. The van der Waals surface area contributed by atoms with Crippen molar-refractivity contribution in [2.24, 2.45) is 0 Å². The molecule has 1 aromatic heterocycles. The van der Waals surface area contributed by atoms with Crippen LogP contribution in [0, 0.1) is 0 Å². The van der Waals surface area contributed by atoms with Gasteiger partial charge in [-0.25, -0.2) is 0 Å². The summed E-state index contributed by atoms with van der Waals surface area (Å²) in [5.74, 6) is 0.871. The van der Waals surface area contributed by atoms with E-state index in [0.717, 1.165) is 23.1 Å². The number of ether oxygens (including phenoxy) is 1. The van der Waals surface area contributed by atoms with Crippen molar-refractivity contribution < 1.29 is 9.16 Å². The molecule has 2 unspecified atom stereocenters. The van der Waals surface area contributed by atoms with Gasteiger partial charge in [0.15, 0.2) is 8.32 Å². The largest absolute Gasteiger partial charge is 0.488 e. The highest BCUT2D eigenvalue weighted by Crippen LogP contribution is 2.38. The lowest BCUT2D eigenvalue weighted by Gasteiger charge is -2.41. The van der Waals surface area contributed by atoms with Gasteiger partial charge < -0.3 is 9.16 Å². The molecule has 2 atom stereocenters. The molecule has 0 saturated carbocycles. The van der Waals surface area contributed by atoms with E-state index in [9.17, 15) is 0 Å². The molecule has 0 aliphatic rings. The van der Waals surface area contributed by atoms with Crippen molar-refractivity contribution >= 4 is 24.2 Å². The first-order valence-electron chi connectivity index (χ1n) is 9.57. The highest BCUT2D eigenvalue weighted by molar-refractivity contribution is 9.10. The van der Waals surface area contributed by atoms with Crippen LogP contribution in [0.3, 0.4) is 0 Å². The van der Waals surface area contributed by atoms with Crippen molar-refractivity contribution in [3.05, 3.63) is 58.8 Å². The predicted molar refractivity (Wildman–Crippen MR) is 119 cm³/mol. The molecule has 148 valence electrons. The maximum Gasteiger partial charge on any atom is 0.192 e. The van der Waals surface area contributed by atoms with E-state index in [1.54, 1.807) is 0 Å². The minimum atomic E-state index is -1.90. The maximum atomic E-state index is 6.77. The van der Waals surface area contributed by atoms with Gasteiger partial charge in [0, 0.05) is 16.9 Å². The van der Waals surface area contributed by atoms with Crippen LogP contribution >= 0.6 is 15.9 Å². The average Bonchev–Trinajstić information content (AvgIpc) is 2.60. The average molecular weight is 450 g/mol. The zero-order chi connectivity index (χ0) is 20.1. The molecule has 0 aliphatic heterocycles. The van der Waals surface area contributed by atoms with E-state index in [1.165, 1.54) is 5.56 Å². The Hall–Kier alpha value is -1.17. The van der Waals surface area contributed by atoms with Crippen LogP contribution in [-0.4, -0.2) is 25.5 Å². The topological polar surface area (TPSA) is 31.4 Å². The predicted octanol–water partition coefficient (Wildman–Crippen LogP) is 6.63. The highest BCUT2D eigenvalue weighted by Gasteiger charge is 2.40. The first kappa shape index (κ1) is 22.1. The number of hydrogen-bond donors (Lipinski definition) is 0. The summed E-state index contributed by atoms with van der Waals surface area (Å²) >= 11 is 3.47. The summed E-state index contributed by atoms with van der Waals surface area (Å²) in [4.78, 5) is 4.23. The van der Waals surface area contributed by atoms with Crippen LogP contribution in [0.25, 0.3) is 0 Å². The fourth-order valence-electron chi connectivity index (χ4n) is 2.60. The molecule has 2 aromatic rings. The lowest BCUT2D eigenvalue weighted by Crippen LogP contribution is -2.47. The Kier molecular flexibility index (Phi) is 7.66. The van der Waals surface area contributed by atoms with E-state index in [2.05, 4.69) is 67.8 Å². The number of aromatic nitrogens is 1. The van der Waals surface area contributed by atoms with Crippen molar-refractivity contribution in [2.45, 2.75) is 70.9 Å². The molecule has 5 heteroatoms. The summed E-state index contributed by atoms with van der Waals surface area (Å²) in [6.07, 6.45) is 5.60. The first-order valence-corrected chi connectivity index (χ1v) is 13.3. The quantitative estimate of drug-likeness (QED) is 0.423. The second kappa shape index (κ2) is 9.35. The second-order valence-corrected chi connectivity index (χ2v) is 14.3. The number of nitrogens with zero attached hydrogens (tertiary/aromatic N) is 1. The summed E-state index contributed by atoms with van der Waals surface area (Å²) in [7, 11) is -1.90. The Labute approximate surface area is 173 Å². The monoisotopic (exact) mass is 449 g/mol. The molecular formula is C22H32BrNO2Si. The smallest absolute Gasteiger partial charge is 0.192 e. The van der Waals surface area contributed by atoms with Gasteiger partial charge in [-0.2, -0.15) is 0 Å². The van der Waals surface area contributed by atoms with Crippen LogP contribution in [0.2, 0.25) is 18.1 Å². The molecule has 0 radical (unpaired) electrons. The van der Waals surface area contributed by atoms with Crippen LogP contribution in [0.5, 0.6) is 5.75 Å². The molecule has 0 fully saturated rings. The standard InChI is InChI=1S/C22H32BrNO2Si/c1-17(25-20-12-10-19(23)11-13-20)21(26-27(5,6)22(2,3)4)14-9-18-8-7-15-24-16-18/h7-8,10-13,15-17,21H,9,14H2,1-6H3. The highest BCUT2D eigenvalue weighted by atomic mass is 79.9. The Morgan fingerprint density at radius 1 is 1.11 bits per heavy atom. The molecule has 3 nitrogen and oxygen atoms in total. The number of pyridine rings is 1. The molecule has 1 heterocycles. The normalized spacial score (nSPS) is 14.6. The van der Waals surface area contributed by atoms with E-state index < -0.39 is 8.32 Å². The minimum absolute atomic E-state index is 0.0306. The zero-order valence-corrected chi connectivity index (χ0v) is 19.9. The number of aryl methyl sites for hydroxylation is 1. The van der Waals surface area contributed by atoms with Crippen LogP contribution in [0.1, 0.15) is 39.7 Å². The molecule has 0 bridgehead atoms. The van der Waals surface area contributed by atoms with Gasteiger partial charge in [-0.3, -0.25) is 4.98 Å². The molecule has 27 heavy (non-hydrogen) atoms. The lowest BCUT2D eigenvalue weighted by molar-refractivity contribution is 0.0500. The number of rotatable bonds is 8. The van der Waals surface area contributed by atoms with Crippen LogP contribution < -0.4 is 4.74 Å². The van der Waals surface area contributed by atoms with Gasteiger partial charge >= 0.3 is 0 Å².